The molecule has 0 amide bonds. The van der Waals surface area contributed by atoms with E-state index in [1.807, 2.05) is 6.92 Å². The molecule has 0 aromatic heterocycles. The van der Waals surface area contributed by atoms with Crippen molar-refractivity contribution in [3.63, 3.8) is 0 Å². The van der Waals surface area contributed by atoms with Crippen LogP contribution < -0.4 is 5.32 Å². The average molecular weight is 283 g/mol. The summed E-state index contributed by atoms with van der Waals surface area (Å²) in [6.07, 6.45) is 9.91. The van der Waals surface area contributed by atoms with Gasteiger partial charge in [-0.2, -0.15) is 0 Å². The Kier molecular flexibility index (Phi) is 5.85. The molecule has 1 atom stereocenters. The number of rotatable bonds is 7. The topological polar surface area (TPSA) is 47.6 Å². The van der Waals surface area contributed by atoms with Gasteiger partial charge in [0.25, 0.3) is 0 Å². The fourth-order valence-corrected chi connectivity index (χ4v) is 3.34. The minimum absolute atomic E-state index is 0.157. The molecule has 2 saturated carbocycles. The minimum Gasteiger partial charge on any atom is -0.468 e. The molecule has 1 N–H and O–H groups in total. The third-order valence-electron chi connectivity index (χ3n) is 4.67. The molecule has 4 heteroatoms. The van der Waals surface area contributed by atoms with E-state index >= 15 is 0 Å². The molecule has 0 spiro atoms. The van der Waals surface area contributed by atoms with Crippen molar-refractivity contribution in [2.24, 2.45) is 5.92 Å². The average Bonchev–Trinajstić information content (AvgIpc) is 3.29. The van der Waals surface area contributed by atoms with Crippen LogP contribution in [0.15, 0.2) is 0 Å². The molecule has 0 saturated heterocycles. The zero-order valence-electron chi connectivity index (χ0n) is 13.0. The molecule has 116 valence electrons. The number of likely N-dealkylation sites (N-methyl/N-ethyl adjacent to an activating group) is 1. The predicted molar refractivity (Wildman–Crippen MR) is 78.6 cm³/mol. The molecule has 0 aromatic carbocycles. The molecule has 20 heavy (non-hydrogen) atoms. The summed E-state index contributed by atoms with van der Waals surface area (Å²) >= 11 is 0. The van der Waals surface area contributed by atoms with E-state index in [2.05, 4.69) is 5.32 Å². The van der Waals surface area contributed by atoms with E-state index in [1.54, 1.807) is 0 Å². The minimum atomic E-state index is -0.615. The molecular weight excluding hydrogens is 254 g/mol. The number of methoxy groups -OCH3 is 1. The van der Waals surface area contributed by atoms with Crippen LogP contribution in [0.3, 0.4) is 0 Å². The summed E-state index contributed by atoms with van der Waals surface area (Å²) in [5, 5.41) is 3.36. The van der Waals surface area contributed by atoms with E-state index in [0.717, 1.165) is 32.2 Å². The number of nitrogens with one attached hydrogen (secondary N) is 1. The van der Waals surface area contributed by atoms with E-state index < -0.39 is 5.54 Å². The van der Waals surface area contributed by atoms with Crippen LogP contribution in [0, 0.1) is 5.92 Å². The highest BCUT2D eigenvalue weighted by atomic mass is 16.5. The molecule has 2 aliphatic carbocycles. The summed E-state index contributed by atoms with van der Waals surface area (Å²) in [5.41, 5.74) is -0.615. The molecule has 2 rings (SSSR count). The number of esters is 1. The fraction of sp³-hybridized carbons (Fsp3) is 0.938. The van der Waals surface area contributed by atoms with Gasteiger partial charge in [-0.05, 0) is 38.1 Å². The third-order valence-corrected chi connectivity index (χ3v) is 4.67. The van der Waals surface area contributed by atoms with E-state index in [4.69, 9.17) is 9.47 Å². The molecule has 4 nitrogen and oxygen atoms in total. The molecule has 0 heterocycles. The molecule has 1 unspecified atom stereocenters. The van der Waals surface area contributed by atoms with Gasteiger partial charge in [0.15, 0.2) is 0 Å². The Balaban J connectivity index is 1.97. The van der Waals surface area contributed by atoms with Crippen molar-refractivity contribution in [3.05, 3.63) is 0 Å². The summed E-state index contributed by atoms with van der Waals surface area (Å²) in [6.45, 7) is 3.26. The van der Waals surface area contributed by atoms with E-state index in [-0.39, 0.29) is 5.97 Å². The van der Waals surface area contributed by atoms with Gasteiger partial charge in [0.05, 0.1) is 19.8 Å². The van der Waals surface area contributed by atoms with Crippen LogP contribution >= 0.6 is 0 Å². The molecular formula is C16H29NO3. The van der Waals surface area contributed by atoms with Crippen molar-refractivity contribution in [2.75, 3.05) is 20.3 Å². The van der Waals surface area contributed by atoms with Gasteiger partial charge in [0, 0.05) is 0 Å². The SMILES string of the molecule is CCNC(COC1CCCCCC1)(C(=O)OC)C1CC1. The predicted octanol–water partition coefficient (Wildman–Crippen LogP) is 2.66. The Labute approximate surface area is 122 Å². The van der Waals surface area contributed by atoms with Crippen molar-refractivity contribution >= 4 is 5.97 Å². The molecule has 0 aromatic rings. The maximum Gasteiger partial charge on any atom is 0.328 e. The zero-order chi connectivity index (χ0) is 14.4. The number of hydrogen-bond donors (Lipinski definition) is 1. The second-order valence-corrected chi connectivity index (χ2v) is 6.19. The van der Waals surface area contributed by atoms with Crippen LogP contribution in [0.2, 0.25) is 0 Å². The van der Waals surface area contributed by atoms with Crippen LogP contribution in [0.5, 0.6) is 0 Å². The van der Waals surface area contributed by atoms with Gasteiger partial charge < -0.3 is 9.47 Å². The van der Waals surface area contributed by atoms with Crippen LogP contribution in [-0.2, 0) is 14.3 Å². The first kappa shape index (κ1) is 15.8. The highest BCUT2D eigenvalue weighted by Gasteiger charge is 2.52. The van der Waals surface area contributed by atoms with E-state index in [1.165, 1.54) is 32.8 Å². The molecule has 0 bridgehead atoms. The number of carbonyl (C=O) groups is 1. The van der Waals surface area contributed by atoms with Crippen LogP contribution in [0.4, 0.5) is 0 Å². The lowest BCUT2D eigenvalue weighted by Gasteiger charge is -2.33. The van der Waals surface area contributed by atoms with E-state index in [9.17, 15) is 4.79 Å². The highest BCUT2D eigenvalue weighted by Crippen LogP contribution is 2.41. The van der Waals surface area contributed by atoms with Crippen molar-refractivity contribution in [3.8, 4) is 0 Å². The van der Waals surface area contributed by atoms with E-state index in [0.29, 0.717) is 18.6 Å². The number of carbonyl (C=O) groups excluding carboxylic acids is 1. The lowest BCUT2D eigenvalue weighted by Crippen LogP contribution is -2.58. The summed E-state index contributed by atoms with van der Waals surface area (Å²) in [4.78, 5) is 12.3. The van der Waals surface area contributed by atoms with Gasteiger partial charge in [-0.1, -0.05) is 32.6 Å². The fourth-order valence-electron chi connectivity index (χ4n) is 3.34. The first-order valence-corrected chi connectivity index (χ1v) is 8.18. The second-order valence-electron chi connectivity index (χ2n) is 6.19. The van der Waals surface area contributed by atoms with Crippen LogP contribution in [0.1, 0.15) is 58.3 Å². The lowest BCUT2D eigenvalue weighted by atomic mass is 9.93. The smallest absolute Gasteiger partial charge is 0.328 e. The Morgan fingerprint density at radius 2 is 1.80 bits per heavy atom. The highest BCUT2D eigenvalue weighted by molar-refractivity contribution is 5.82. The normalized spacial score (nSPS) is 23.9. The number of hydrogen-bond acceptors (Lipinski definition) is 4. The van der Waals surface area contributed by atoms with Crippen LogP contribution in [0.25, 0.3) is 0 Å². The summed E-state index contributed by atoms with van der Waals surface area (Å²) in [6, 6.07) is 0. The van der Waals surface area contributed by atoms with Crippen molar-refractivity contribution < 1.29 is 14.3 Å². The lowest BCUT2D eigenvalue weighted by molar-refractivity contribution is -0.154. The molecule has 0 aliphatic heterocycles. The first-order valence-electron chi connectivity index (χ1n) is 8.18. The first-order chi connectivity index (χ1) is 9.73. The Morgan fingerprint density at radius 1 is 1.15 bits per heavy atom. The van der Waals surface area contributed by atoms with Crippen molar-refractivity contribution in [2.45, 2.75) is 69.9 Å². The van der Waals surface area contributed by atoms with Gasteiger partial charge in [-0.25, -0.2) is 4.79 Å². The zero-order valence-corrected chi connectivity index (χ0v) is 13.0. The van der Waals surface area contributed by atoms with Crippen LogP contribution in [-0.4, -0.2) is 37.9 Å². The maximum absolute atomic E-state index is 12.3. The van der Waals surface area contributed by atoms with Gasteiger partial charge >= 0.3 is 5.97 Å². The maximum atomic E-state index is 12.3. The van der Waals surface area contributed by atoms with Gasteiger partial charge in [0.1, 0.15) is 5.54 Å². The monoisotopic (exact) mass is 283 g/mol. The Bertz CT molecular complexity index is 309. The second kappa shape index (κ2) is 7.41. The van der Waals surface area contributed by atoms with Gasteiger partial charge in [0.2, 0.25) is 0 Å². The summed E-state index contributed by atoms with van der Waals surface area (Å²) < 4.78 is 11.2. The molecule has 0 radical (unpaired) electrons. The largest absolute Gasteiger partial charge is 0.468 e. The summed E-state index contributed by atoms with van der Waals surface area (Å²) in [5.74, 6) is 0.219. The quantitative estimate of drug-likeness (QED) is 0.576. The van der Waals surface area contributed by atoms with Crippen molar-refractivity contribution in [1.82, 2.24) is 5.32 Å². The third kappa shape index (κ3) is 3.73. The van der Waals surface area contributed by atoms with Gasteiger partial charge in [-0.3, -0.25) is 5.32 Å². The Hall–Kier alpha value is -0.610. The molecule has 2 aliphatic rings. The molecule has 2 fully saturated rings. The standard InChI is InChI=1S/C16H29NO3/c1-3-17-16(13-10-11-13,15(18)19-2)12-20-14-8-6-4-5-7-9-14/h13-14,17H,3-12H2,1-2H3. The summed E-state index contributed by atoms with van der Waals surface area (Å²) in [7, 11) is 1.47. The van der Waals surface area contributed by atoms with Gasteiger partial charge in [-0.15, -0.1) is 0 Å². The Morgan fingerprint density at radius 3 is 2.30 bits per heavy atom. The number of ether oxygens (including phenoxy) is 2. The van der Waals surface area contributed by atoms with Crippen molar-refractivity contribution in [1.29, 1.82) is 0 Å².